The van der Waals surface area contributed by atoms with Gasteiger partial charge in [-0.25, -0.2) is 0 Å². The fraction of sp³-hybridized carbons (Fsp3) is 1.00. The highest BCUT2D eigenvalue weighted by molar-refractivity contribution is 9.09. The summed E-state index contributed by atoms with van der Waals surface area (Å²) in [6.45, 7) is 6.94. The standard InChI is InChI=1S/C11H22Br2/c1-4-6-10(3)7-11(5-2,8-12)9-13/h10H,4-9H2,1-3H3. The van der Waals surface area contributed by atoms with Crippen molar-refractivity contribution >= 4 is 31.9 Å². The summed E-state index contributed by atoms with van der Waals surface area (Å²) in [7, 11) is 0. The van der Waals surface area contributed by atoms with Crippen LogP contribution in [0.25, 0.3) is 0 Å². The number of hydrogen-bond acceptors (Lipinski definition) is 0. The van der Waals surface area contributed by atoms with Crippen molar-refractivity contribution in [3.05, 3.63) is 0 Å². The maximum atomic E-state index is 3.64. The summed E-state index contributed by atoms with van der Waals surface area (Å²) in [5, 5.41) is 2.24. The van der Waals surface area contributed by atoms with E-state index in [4.69, 9.17) is 0 Å². The molecular formula is C11H22Br2. The van der Waals surface area contributed by atoms with Crippen molar-refractivity contribution < 1.29 is 0 Å². The molecule has 0 aromatic carbocycles. The molecule has 13 heavy (non-hydrogen) atoms. The van der Waals surface area contributed by atoms with Crippen molar-refractivity contribution in [3.8, 4) is 0 Å². The van der Waals surface area contributed by atoms with Crippen LogP contribution in [-0.2, 0) is 0 Å². The first-order valence-corrected chi connectivity index (χ1v) is 7.50. The Labute approximate surface area is 100 Å². The van der Waals surface area contributed by atoms with E-state index in [9.17, 15) is 0 Å². The monoisotopic (exact) mass is 312 g/mol. The molecule has 0 saturated carbocycles. The Hall–Kier alpha value is 0.960. The van der Waals surface area contributed by atoms with Crippen LogP contribution >= 0.6 is 31.9 Å². The van der Waals surface area contributed by atoms with Crippen molar-refractivity contribution in [2.45, 2.75) is 46.5 Å². The molecule has 0 N–H and O–H groups in total. The molecule has 80 valence electrons. The zero-order valence-electron chi connectivity index (χ0n) is 9.08. The maximum Gasteiger partial charge on any atom is 0.00959 e. The second-order valence-electron chi connectivity index (χ2n) is 4.22. The molecule has 0 amide bonds. The third-order valence-corrected chi connectivity index (χ3v) is 5.26. The normalized spacial score (nSPS) is 14.5. The predicted molar refractivity (Wildman–Crippen MR) is 69.0 cm³/mol. The minimum atomic E-state index is 0.481. The second kappa shape index (κ2) is 7.28. The van der Waals surface area contributed by atoms with E-state index in [1.54, 1.807) is 0 Å². The first kappa shape index (κ1) is 14.0. The van der Waals surface area contributed by atoms with Gasteiger partial charge in [0.05, 0.1) is 0 Å². The van der Waals surface area contributed by atoms with Crippen molar-refractivity contribution in [2.24, 2.45) is 11.3 Å². The molecule has 0 aromatic heterocycles. The van der Waals surface area contributed by atoms with Gasteiger partial charge in [-0.1, -0.05) is 65.5 Å². The number of alkyl halides is 2. The maximum absolute atomic E-state index is 3.64. The van der Waals surface area contributed by atoms with Crippen molar-refractivity contribution in [1.82, 2.24) is 0 Å². The lowest BCUT2D eigenvalue weighted by Gasteiger charge is -2.31. The summed E-state index contributed by atoms with van der Waals surface area (Å²) in [6.07, 6.45) is 5.28. The quantitative estimate of drug-likeness (QED) is 0.580. The minimum Gasteiger partial charge on any atom is -0.0922 e. The molecule has 0 aliphatic heterocycles. The van der Waals surface area contributed by atoms with Crippen LogP contribution in [0.5, 0.6) is 0 Å². The molecular weight excluding hydrogens is 292 g/mol. The van der Waals surface area contributed by atoms with Crippen molar-refractivity contribution in [1.29, 1.82) is 0 Å². The highest BCUT2D eigenvalue weighted by Crippen LogP contribution is 2.35. The second-order valence-corrected chi connectivity index (χ2v) is 5.34. The predicted octanol–water partition coefficient (Wildman–Crippen LogP) is 5.00. The first-order chi connectivity index (χ1) is 6.14. The highest BCUT2D eigenvalue weighted by Gasteiger charge is 2.27. The molecule has 0 rings (SSSR count). The largest absolute Gasteiger partial charge is 0.0922 e. The molecule has 1 unspecified atom stereocenters. The molecule has 0 aliphatic carbocycles. The zero-order valence-corrected chi connectivity index (χ0v) is 12.2. The zero-order chi connectivity index (χ0) is 10.3. The van der Waals surface area contributed by atoms with Gasteiger partial charge in [0, 0.05) is 10.7 Å². The Morgan fingerprint density at radius 3 is 2.00 bits per heavy atom. The minimum absolute atomic E-state index is 0.481. The van der Waals surface area contributed by atoms with E-state index in [1.807, 2.05) is 0 Å². The Balaban J connectivity index is 4.07. The lowest BCUT2D eigenvalue weighted by Crippen LogP contribution is -2.26. The first-order valence-electron chi connectivity index (χ1n) is 5.26. The molecule has 0 heterocycles. The molecule has 0 spiro atoms. The smallest absolute Gasteiger partial charge is 0.00959 e. The van der Waals surface area contributed by atoms with E-state index in [0.717, 1.165) is 16.6 Å². The van der Waals surface area contributed by atoms with Crippen LogP contribution in [0.15, 0.2) is 0 Å². The van der Waals surface area contributed by atoms with Crippen LogP contribution in [-0.4, -0.2) is 10.7 Å². The van der Waals surface area contributed by atoms with Crippen LogP contribution in [0.2, 0.25) is 0 Å². The summed E-state index contributed by atoms with van der Waals surface area (Å²) in [6, 6.07) is 0. The molecule has 0 nitrogen and oxygen atoms in total. The van der Waals surface area contributed by atoms with Gasteiger partial charge in [-0.2, -0.15) is 0 Å². The number of hydrogen-bond donors (Lipinski definition) is 0. The third kappa shape index (κ3) is 4.83. The Kier molecular flexibility index (Phi) is 7.82. The van der Waals surface area contributed by atoms with E-state index >= 15 is 0 Å². The van der Waals surface area contributed by atoms with Gasteiger partial charge in [0.25, 0.3) is 0 Å². The van der Waals surface area contributed by atoms with E-state index in [0.29, 0.717) is 5.41 Å². The Morgan fingerprint density at radius 2 is 1.69 bits per heavy atom. The van der Waals surface area contributed by atoms with Crippen molar-refractivity contribution in [3.63, 3.8) is 0 Å². The summed E-state index contributed by atoms with van der Waals surface area (Å²) in [5.41, 5.74) is 0.481. The van der Waals surface area contributed by atoms with E-state index in [-0.39, 0.29) is 0 Å². The van der Waals surface area contributed by atoms with Crippen LogP contribution in [0, 0.1) is 11.3 Å². The van der Waals surface area contributed by atoms with Crippen molar-refractivity contribution in [2.75, 3.05) is 10.7 Å². The van der Waals surface area contributed by atoms with Gasteiger partial charge in [-0.15, -0.1) is 0 Å². The van der Waals surface area contributed by atoms with Crippen LogP contribution in [0.1, 0.15) is 46.5 Å². The summed E-state index contributed by atoms with van der Waals surface area (Å²) < 4.78 is 0. The molecule has 1 atom stereocenters. The molecule has 0 bridgehead atoms. The van der Waals surface area contributed by atoms with Gasteiger partial charge in [-0.3, -0.25) is 0 Å². The Bertz CT molecular complexity index is 111. The molecule has 0 fully saturated rings. The van der Waals surface area contributed by atoms with Crippen LogP contribution in [0.3, 0.4) is 0 Å². The molecule has 0 saturated heterocycles. The average Bonchev–Trinajstić information content (AvgIpc) is 2.15. The highest BCUT2D eigenvalue weighted by atomic mass is 79.9. The van der Waals surface area contributed by atoms with Crippen LogP contribution < -0.4 is 0 Å². The lowest BCUT2D eigenvalue weighted by atomic mass is 9.80. The fourth-order valence-electron chi connectivity index (χ4n) is 1.81. The molecule has 0 aromatic rings. The van der Waals surface area contributed by atoms with Gasteiger partial charge < -0.3 is 0 Å². The topological polar surface area (TPSA) is 0 Å². The van der Waals surface area contributed by atoms with E-state index in [2.05, 4.69) is 52.6 Å². The van der Waals surface area contributed by atoms with Gasteiger partial charge >= 0.3 is 0 Å². The molecule has 0 aliphatic rings. The summed E-state index contributed by atoms with van der Waals surface area (Å²) in [5.74, 6) is 0.861. The SMILES string of the molecule is CCCC(C)CC(CC)(CBr)CBr. The van der Waals surface area contributed by atoms with Gasteiger partial charge in [0.2, 0.25) is 0 Å². The average molecular weight is 314 g/mol. The number of halogens is 2. The van der Waals surface area contributed by atoms with Gasteiger partial charge in [0.1, 0.15) is 0 Å². The lowest BCUT2D eigenvalue weighted by molar-refractivity contribution is 0.275. The molecule has 0 radical (unpaired) electrons. The third-order valence-electron chi connectivity index (χ3n) is 2.88. The van der Waals surface area contributed by atoms with E-state index in [1.165, 1.54) is 25.7 Å². The number of rotatable bonds is 7. The van der Waals surface area contributed by atoms with Gasteiger partial charge in [-0.05, 0) is 24.2 Å². The van der Waals surface area contributed by atoms with Gasteiger partial charge in [0.15, 0.2) is 0 Å². The fourth-order valence-corrected chi connectivity index (χ4v) is 3.99. The summed E-state index contributed by atoms with van der Waals surface area (Å²) >= 11 is 7.29. The Morgan fingerprint density at radius 1 is 1.15 bits per heavy atom. The molecule has 2 heteroatoms. The van der Waals surface area contributed by atoms with E-state index < -0.39 is 0 Å². The summed E-state index contributed by atoms with van der Waals surface area (Å²) in [4.78, 5) is 0. The van der Waals surface area contributed by atoms with Crippen LogP contribution in [0.4, 0.5) is 0 Å².